The summed E-state index contributed by atoms with van der Waals surface area (Å²) in [6.45, 7) is 0.672. The van der Waals surface area contributed by atoms with Gasteiger partial charge in [0.05, 0.1) is 10.7 Å². The maximum Gasteiger partial charge on any atom is 0.269 e. The van der Waals surface area contributed by atoms with Gasteiger partial charge in [-0.05, 0) is 24.0 Å². The highest BCUT2D eigenvalue weighted by Crippen LogP contribution is 2.16. The molecule has 0 bridgehead atoms. The standard InChI is InChI=1S/C18H20N2O3S/c21-18(19-12-4-7-15-5-2-1-3-6-15)14-24-13-16-8-10-17(11-9-16)20(22)23/h1-3,5-6,8-11H,4,7,12-14H2,(H,19,21). The number of carbonyl (C=O) groups excluding carboxylic acids is 1. The van der Waals surface area contributed by atoms with Crippen molar-refractivity contribution in [2.45, 2.75) is 18.6 Å². The smallest absolute Gasteiger partial charge is 0.269 e. The number of nitrogens with zero attached hydrogens (tertiary/aromatic N) is 1. The summed E-state index contributed by atoms with van der Waals surface area (Å²) in [5, 5.41) is 13.5. The first kappa shape index (κ1) is 18.0. The lowest BCUT2D eigenvalue weighted by molar-refractivity contribution is -0.384. The van der Waals surface area contributed by atoms with E-state index < -0.39 is 4.92 Å². The number of hydrogen-bond acceptors (Lipinski definition) is 4. The Morgan fingerprint density at radius 3 is 2.42 bits per heavy atom. The number of nitro groups is 1. The zero-order valence-corrected chi connectivity index (χ0v) is 14.1. The predicted octanol–water partition coefficient (Wildman–Crippen LogP) is 3.58. The Morgan fingerprint density at radius 2 is 1.75 bits per heavy atom. The first-order valence-corrected chi connectivity index (χ1v) is 8.92. The van der Waals surface area contributed by atoms with Crippen LogP contribution in [-0.2, 0) is 17.0 Å². The molecule has 2 aromatic carbocycles. The second kappa shape index (κ2) is 9.72. The molecule has 5 nitrogen and oxygen atoms in total. The van der Waals surface area contributed by atoms with Crippen molar-refractivity contribution < 1.29 is 9.72 Å². The average Bonchev–Trinajstić information content (AvgIpc) is 2.60. The molecule has 126 valence electrons. The van der Waals surface area contributed by atoms with E-state index in [0.717, 1.165) is 18.4 Å². The van der Waals surface area contributed by atoms with Crippen LogP contribution in [0.15, 0.2) is 54.6 Å². The zero-order valence-electron chi connectivity index (χ0n) is 13.3. The van der Waals surface area contributed by atoms with Crippen LogP contribution in [0.25, 0.3) is 0 Å². The topological polar surface area (TPSA) is 72.2 Å². The maximum absolute atomic E-state index is 11.8. The summed E-state index contributed by atoms with van der Waals surface area (Å²) < 4.78 is 0. The summed E-state index contributed by atoms with van der Waals surface area (Å²) in [5.74, 6) is 1.08. The zero-order chi connectivity index (χ0) is 17.2. The molecule has 0 aromatic heterocycles. The van der Waals surface area contributed by atoms with Crippen LogP contribution in [0.4, 0.5) is 5.69 Å². The van der Waals surface area contributed by atoms with E-state index in [2.05, 4.69) is 17.4 Å². The molecule has 0 radical (unpaired) electrons. The van der Waals surface area contributed by atoms with Crippen molar-refractivity contribution in [3.05, 3.63) is 75.8 Å². The van der Waals surface area contributed by atoms with Crippen molar-refractivity contribution in [3.8, 4) is 0 Å². The van der Waals surface area contributed by atoms with Crippen LogP contribution in [0.5, 0.6) is 0 Å². The van der Waals surface area contributed by atoms with Gasteiger partial charge in [-0.2, -0.15) is 0 Å². The van der Waals surface area contributed by atoms with Crippen molar-refractivity contribution in [3.63, 3.8) is 0 Å². The fourth-order valence-corrected chi connectivity index (χ4v) is 3.01. The monoisotopic (exact) mass is 344 g/mol. The van der Waals surface area contributed by atoms with Crippen molar-refractivity contribution in [2.75, 3.05) is 12.3 Å². The molecule has 2 aromatic rings. The molecule has 0 atom stereocenters. The van der Waals surface area contributed by atoms with Gasteiger partial charge in [-0.15, -0.1) is 11.8 Å². The minimum absolute atomic E-state index is 0.0231. The fourth-order valence-electron chi connectivity index (χ4n) is 2.19. The second-order valence-corrected chi connectivity index (χ2v) is 6.34. The minimum Gasteiger partial charge on any atom is -0.355 e. The van der Waals surface area contributed by atoms with Gasteiger partial charge in [0.25, 0.3) is 5.69 Å². The van der Waals surface area contributed by atoms with Crippen LogP contribution in [0.3, 0.4) is 0 Å². The summed E-state index contributed by atoms with van der Waals surface area (Å²) in [4.78, 5) is 21.9. The van der Waals surface area contributed by atoms with Crippen LogP contribution in [-0.4, -0.2) is 23.1 Å². The van der Waals surface area contributed by atoms with E-state index in [9.17, 15) is 14.9 Å². The van der Waals surface area contributed by atoms with E-state index >= 15 is 0 Å². The lowest BCUT2D eigenvalue weighted by atomic mass is 10.1. The number of benzene rings is 2. The van der Waals surface area contributed by atoms with Gasteiger partial charge < -0.3 is 5.32 Å². The number of nitrogens with one attached hydrogen (secondary N) is 1. The molecule has 1 N–H and O–H groups in total. The Labute approximate surface area is 145 Å². The molecule has 0 aliphatic rings. The quantitative estimate of drug-likeness (QED) is 0.429. The third kappa shape index (κ3) is 6.42. The number of non-ortho nitro benzene ring substituents is 1. The number of hydrogen-bond donors (Lipinski definition) is 1. The van der Waals surface area contributed by atoms with E-state index in [-0.39, 0.29) is 11.6 Å². The van der Waals surface area contributed by atoms with E-state index in [1.165, 1.54) is 29.5 Å². The minimum atomic E-state index is -0.417. The van der Waals surface area contributed by atoms with Crippen LogP contribution in [0.2, 0.25) is 0 Å². The largest absolute Gasteiger partial charge is 0.355 e. The Balaban J connectivity index is 1.58. The molecule has 0 heterocycles. The molecular formula is C18H20N2O3S. The summed E-state index contributed by atoms with van der Waals surface area (Å²) in [6.07, 6.45) is 1.87. The average molecular weight is 344 g/mol. The molecule has 1 amide bonds. The second-order valence-electron chi connectivity index (χ2n) is 5.36. The number of carbonyl (C=O) groups is 1. The van der Waals surface area contributed by atoms with E-state index in [0.29, 0.717) is 18.1 Å². The SMILES string of the molecule is O=C(CSCc1ccc([N+](=O)[O-])cc1)NCCCc1ccccc1. The van der Waals surface area contributed by atoms with Crippen LogP contribution in [0.1, 0.15) is 17.5 Å². The molecule has 0 aliphatic heterocycles. The summed E-state index contributed by atoms with van der Waals surface area (Å²) in [7, 11) is 0. The molecule has 0 aliphatic carbocycles. The van der Waals surface area contributed by atoms with Crippen molar-refractivity contribution >= 4 is 23.4 Å². The van der Waals surface area contributed by atoms with Crippen LogP contribution >= 0.6 is 11.8 Å². The molecule has 0 spiro atoms. The van der Waals surface area contributed by atoms with Crippen molar-refractivity contribution in [2.24, 2.45) is 0 Å². The molecule has 0 saturated heterocycles. The van der Waals surface area contributed by atoms with Crippen LogP contribution in [0, 0.1) is 10.1 Å². The van der Waals surface area contributed by atoms with Gasteiger partial charge in [-0.25, -0.2) is 0 Å². The maximum atomic E-state index is 11.8. The fraction of sp³-hybridized carbons (Fsp3) is 0.278. The van der Waals surface area contributed by atoms with E-state index in [1.807, 2.05) is 18.2 Å². The third-order valence-corrected chi connectivity index (χ3v) is 4.46. The molecule has 0 fully saturated rings. The Hall–Kier alpha value is -2.34. The van der Waals surface area contributed by atoms with Gasteiger partial charge >= 0.3 is 0 Å². The normalized spacial score (nSPS) is 10.3. The van der Waals surface area contributed by atoms with Gasteiger partial charge in [-0.1, -0.05) is 42.5 Å². The lowest BCUT2D eigenvalue weighted by Gasteiger charge is -2.05. The van der Waals surface area contributed by atoms with Gasteiger partial charge in [0.15, 0.2) is 0 Å². The van der Waals surface area contributed by atoms with Crippen molar-refractivity contribution in [1.82, 2.24) is 5.32 Å². The van der Waals surface area contributed by atoms with Gasteiger partial charge in [0, 0.05) is 24.4 Å². The molecule has 0 saturated carbocycles. The van der Waals surface area contributed by atoms with Gasteiger partial charge in [0.2, 0.25) is 5.91 Å². The first-order chi connectivity index (χ1) is 11.6. The lowest BCUT2D eigenvalue weighted by Crippen LogP contribution is -2.26. The molecular weight excluding hydrogens is 324 g/mol. The predicted molar refractivity (Wildman–Crippen MR) is 97.0 cm³/mol. The van der Waals surface area contributed by atoms with Crippen molar-refractivity contribution in [1.29, 1.82) is 0 Å². The molecule has 24 heavy (non-hydrogen) atoms. The molecule has 2 rings (SSSR count). The number of nitro benzene ring substituents is 1. The summed E-state index contributed by atoms with van der Waals surface area (Å²) in [6, 6.07) is 16.6. The number of thioether (sulfide) groups is 1. The van der Waals surface area contributed by atoms with Crippen LogP contribution < -0.4 is 5.32 Å². The highest BCUT2D eigenvalue weighted by molar-refractivity contribution is 7.99. The van der Waals surface area contributed by atoms with E-state index in [1.54, 1.807) is 12.1 Å². The molecule has 0 unspecified atom stereocenters. The third-order valence-electron chi connectivity index (χ3n) is 3.46. The van der Waals surface area contributed by atoms with Gasteiger partial charge in [0.1, 0.15) is 0 Å². The number of amides is 1. The Morgan fingerprint density at radius 1 is 1.04 bits per heavy atom. The molecule has 6 heteroatoms. The number of rotatable bonds is 9. The summed E-state index contributed by atoms with van der Waals surface area (Å²) >= 11 is 1.50. The highest BCUT2D eigenvalue weighted by Gasteiger charge is 2.05. The summed E-state index contributed by atoms with van der Waals surface area (Å²) in [5.41, 5.74) is 2.33. The van der Waals surface area contributed by atoms with Gasteiger partial charge in [-0.3, -0.25) is 14.9 Å². The number of aryl methyl sites for hydroxylation is 1. The highest BCUT2D eigenvalue weighted by atomic mass is 32.2. The Bertz CT molecular complexity index is 660. The van der Waals surface area contributed by atoms with E-state index in [4.69, 9.17) is 0 Å². The Kier molecular flexibility index (Phi) is 7.29. The first-order valence-electron chi connectivity index (χ1n) is 7.77.